The molecule has 0 saturated heterocycles. The SMILES string of the molecule is CN=Cc1cc(N(c2ccccc2)c2ccccc2)ccc1O. The van der Waals surface area contributed by atoms with E-state index in [0.29, 0.717) is 5.56 Å². The van der Waals surface area contributed by atoms with Gasteiger partial charge >= 0.3 is 0 Å². The number of nitrogens with zero attached hydrogens (tertiary/aromatic N) is 2. The standard InChI is InChI=1S/C20H18N2O/c1-21-15-16-14-19(12-13-20(16)23)22(17-8-4-2-5-9-17)18-10-6-3-7-11-18/h2-15,23H,1H3. The maximum Gasteiger partial charge on any atom is 0.124 e. The number of hydrogen-bond donors (Lipinski definition) is 1. The van der Waals surface area contributed by atoms with Crippen molar-refractivity contribution < 1.29 is 5.11 Å². The van der Waals surface area contributed by atoms with Crippen LogP contribution in [0.15, 0.2) is 83.9 Å². The summed E-state index contributed by atoms with van der Waals surface area (Å²) in [5.41, 5.74) is 3.78. The number of phenols is 1. The van der Waals surface area contributed by atoms with Gasteiger partial charge in [0.05, 0.1) is 0 Å². The van der Waals surface area contributed by atoms with Crippen molar-refractivity contribution in [1.82, 2.24) is 0 Å². The quantitative estimate of drug-likeness (QED) is 0.695. The van der Waals surface area contributed by atoms with Crippen molar-refractivity contribution in [2.75, 3.05) is 11.9 Å². The number of phenolic OH excluding ortho intramolecular Hbond substituents is 1. The normalized spacial score (nSPS) is 10.8. The van der Waals surface area contributed by atoms with Crippen LogP contribution in [0.4, 0.5) is 17.1 Å². The molecule has 0 spiro atoms. The summed E-state index contributed by atoms with van der Waals surface area (Å²) >= 11 is 0. The first kappa shape index (κ1) is 14.9. The Labute approximate surface area is 136 Å². The highest BCUT2D eigenvalue weighted by Gasteiger charge is 2.13. The second-order valence-electron chi connectivity index (χ2n) is 5.14. The number of aromatic hydroxyl groups is 1. The van der Waals surface area contributed by atoms with Crippen molar-refractivity contribution in [3.63, 3.8) is 0 Å². The number of anilines is 3. The summed E-state index contributed by atoms with van der Waals surface area (Å²) in [7, 11) is 1.69. The summed E-state index contributed by atoms with van der Waals surface area (Å²) in [6.07, 6.45) is 1.66. The summed E-state index contributed by atoms with van der Waals surface area (Å²) in [5.74, 6) is 0.223. The third-order valence-electron chi connectivity index (χ3n) is 3.57. The predicted molar refractivity (Wildman–Crippen MR) is 96.3 cm³/mol. The molecular weight excluding hydrogens is 284 g/mol. The van der Waals surface area contributed by atoms with Crippen LogP contribution in [0.3, 0.4) is 0 Å². The van der Waals surface area contributed by atoms with Gasteiger partial charge in [0.1, 0.15) is 5.75 Å². The van der Waals surface area contributed by atoms with Crippen LogP contribution in [0, 0.1) is 0 Å². The number of rotatable bonds is 4. The van der Waals surface area contributed by atoms with Gasteiger partial charge in [-0.1, -0.05) is 36.4 Å². The number of hydrogen-bond acceptors (Lipinski definition) is 3. The van der Waals surface area contributed by atoms with E-state index in [-0.39, 0.29) is 5.75 Å². The highest BCUT2D eigenvalue weighted by Crippen LogP contribution is 2.35. The van der Waals surface area contributed by atoms with Crippen molar-refractivity contribution in [2.45, 2.75) is 0 Å². The van der Waals surface area contributed by atoms with E-state index in [1.54, 1.807) is 19.3 Å². The number of benzene rings is 3. The first-order chi connectivity index (χ1) is 11.3. The van der Waals surface area contributed by atoms with E-state index >= 15 is 0 Å². The molecule has 0 radical (unpaired) electrons. The summed E-state index contributed by atoms with van der Waals surface area (Å²) in [6.45, 7) is 0. The Hall–Kier alpha value is -3.07. The molecule has 0 atom stereocenters. The second-order valence-corrected chi connectivity index (χ2v) is 5.14. The monoisotopic (exact) mass is 302 g/mol. The molecule has 3 rings (SSSR count). The van der Waals surface area contributed by atoms with Crippen LogP contribution in [0.25, 0.3) is 0 Å². The molecule has 3 aromatic rings. The van der Waals surface area contributed by atoms with Crippen LogP contribution in [0.1, 0.15) is 5.56 Å². The van der Waals surface area contributed by atoms with Gasteiger partial charge in [-0.25, -0.2) is 0 Å². The minimum absolute atomic E-state index is 0.223. The zero-order chi connectivity index (χ0) is 16.1. The van der Waals surface area contributed by atoms with Crippen molar-refractivity contribution in [3.05, 3.63) is 84.4 Å². The molecule has 3 heteroatoms. The van der Waals surface area contributed by atoms with E-state index in [1.165, 1.54) is 0 Å². The molecule has 1 N–H and O–H groups in total. The molecule has 0 aliphatic rings. The maximum absolute atomic E-state index is 9.98. The first-order valence-corrected chi connectivity index (χ1v) is 7.45. The van der Waals surface area contributed by atoms with Gasteiger partial charge in [-0.05, 0) is 42.5 Å². The van der Waals surface area contributed by atoms with Gasteiger partial charge in [0, 0.05) is 35.9 Å². The number of para-hydroxylation sites is 2. The fourth-order valence-electron chi connectivity index (χ4n) is 2.52. The molecule has 0 heterocycles. The Kier molecular flexibility index (Phi) is 4.39. The van der Waals surface area contributed by atoms with Crippen LogP contribution in [0.2, 0.25) is 0 Å². The predicted octanol–water partition coefficient (Wildman–Crippen LogP) is 4.91. The van der Waals surface area contributed by atoms with E-state index in [1.807, 2.05) is 48.5 Å². The van der Waals surface area contributed by atoms with Crippen molar-refractivity contribution >= 4 is 23.3 Å². The Balaban J connectivity index is 2.15. The van der Waals surface area contributed by atoms with Crippen LogP contribution in [0.5, 0.6) is 5.75 Å². The van der Waals surface area contributed by atoms with E-state index in [0.717, 1.165) is 17.1 Å². The molecule has 23 heavy (non-hydrogen) atoms. The van der Waals surface area contributed by atoms with E-state index in [4.69, 9.17) is 0 Å². The zero-order valence-corrected chi connectivity index (χ0v) is 12.9. The van der Waals surface area contributed by atoms with Gasteiger partial charge in [-0.3, -0.25) is 4.99 Å². The van der Waals surface area contributed by atoms with Gasteiger partial charge in [0.2, 0.25) is 0 Å². The second kappa shape index (κ2) is 6.79. The molecule has 0 fully saturated rings. The molecule has 0 unspecified atom stereocenters. The molecule has 0 aliphatic carbocycles. The lowest BCUT2D eigenvalue weighted by Crippen LogP contribution is -2.10. The van der Waals surface area contributed by atoms with Gasteiger partial charge in [0.25, 0.3) is 0 Å². The van der Waals surface area contributed by atoms with Crippen LogP contribution in [-0.4, -0.2) is 18.4 Å². The molecular formula is C20H18N2O. The van der Waals surface area contributed by atoms with Crippen LogP contribution in [-0.2, 0) is 0 Å². The minimum Gasteiger partial charge on any atom is -0.507 e. The molecule has 0 aromatic heterocycles. The topological polar surface area (TPSA) is 35.8 Å². The molecule has 0 amide bonds. The van der Waals surface area contributed by atoms with Crippen LogP contribution >= 0.6 is 0 Å². The van der Waals surface area contributed by atoms with Crippen molar-refractivity contribution in [2.24, 2.45) is 4.99 Å². The lowest BCUT2D eigenvalue weighted by Gasteiger charge is -2.25. The van der Waals surface area contributed by atoms with Gasteiger partial charge in [-0.15, -0.1) is 0 Å². The van der Waals surface area contributed by atoms with Gasteiger partial charge in [-0.2, -0.15) is 0 Å². The summed E-state index contributed by atoms with van der Waals surface area (Å²) < 4.78 is 0. The molecule has 0 aliphatic heterocycles. The molecule has 0 bridgehead atoms. The summed E-state index contributed by atoms with van der Waals surface area (Å²) in [5, 5.41) is 9.98. The highest BCUT2D eigenvalue weighted by molar-refractivity contribution is 5.87. The number of aliphatic imine (C=N–C) groups is 1. The average Bonchev–Trinajstić information content (AvgIpc) is 2.60. The fourth-order valence-corrected chi connectivity index (χ4v) is 2.52. The molecule has 0 saturated carbocycles. The fraction of sp³-hybridized carbons (Fsp3) is 0.0500. The van der Waals surface area contributed by atoms with Crippen molar-refractivity contribution in [3.8, 4) is 5.75 Å². The average molecular weight is 302 g/mol. The van der Waals surface area contributed by atoms with E-state index in [2.05, 4.69) is 34.2 Å². The maximum atomic E-state index is 9.98. The molecule has 114 valence electrons. The lowest BCUT2D eigenvalue weighted by atomic mass is 10.1. The highest BCUT2D eigenvalue weighted by atomic mass is 16.3. The smallest absolute Gasteiger partial charge is 0.124 e. The third-order valence-corrected chi connectivity index (χ3v) is 3.57. The Morgan fingerprint density at radius 2 is 1.35 bits per heavy atom. The van der Waals surface area contributed by atoms with E-state index < -0.39 is 0 Å². The third kappa shape index (κ3) is 3.24. The Morgan fingerprint density at radius 3 is 1.87 bits per heavy atom. The Morgan fingerprint density at radius 1 is 0.783 bits per heavy atom. The van der Waals surface area contributed by atoms with Gasteiger partial charge < -0.3 is 10.0 Å². The Bertz CT molecular complexity index is 759. The molecule has 3 nitrogen and oxygen atoms in total. The molecule has 3 aromatic carbocycles. The lowest BCUT2D eigenvalue weighted by molar-refractivity contribution is 0.474. The van der Waals surface area contributed by atoms with E-state index in [9.17, 15) is 5.11 Å². The van der Waals surface area contributed by atoms with Crippen LogP contribution < -0.4 is 4.90 Å². The van der Waals surface area contributed by atoms with Crippen molar-refractivity contribution in [1.29, 1.82) is 0 Å². The minimum atomic E-state index is 0.223. The largest absolute Gasteiger partial charge is 0.507 e. The zero-order valence-electron chi connectivity index (χ0n) is 12.9. The summed E-state index contributed by atoms with van der Waals surface area (Å²) in [6, 6.07) is 25.8. The summed E-state index contributed by atoms with van der Waals surface area (Å²) in [4.78, 5) is 6.15. The van der Waals surface area contributed by atoms with Gasteiger partial charge in [0.15, 0.2) is 0 Å². The first-order valence-electron chi connectivity index (χ1n) is 7.45.